The molecule has 0 spiro atoms. The third-order valence-corrected chi connectivity index (χ3v) is 8.04. The van der Waals surface area contributed by atoms with Gasteiger partial charge in [0.2, 0.25) is 11.9 Å². The monoisotopic (exact) mass is 582 g/mol. The molecular weight excluding hydrogens is 559 g/mol. The lowest BCUT2D eigenvalue weighted by molar-refractivity contribution is 0.594. The lowest BCUT2D eigenvalue weighted by Gasteiger charge is -2.19. The maximum atomic E-state index is 12.0. The van der Waals surface area contributed by atoms with Crippen LogP contribution in [0.25, 0.3) is 11.0 Å². The Labute approximate surface area is 235 Å². The maximum absolute atomic E-state index is 12.0. The number of halogens is 2. The zero-order chi connectivity index (χ0) is 27.6. The highest BCUT2D eigenvalue weighted by Gasteiger charge is 2.15. The molecule has 0 aliphatic rings. The first-order chi connectivity index (χ1) is 18.7. The molecule has 200 valence electrons. The predicted molar refractivity (Wildman–Crippen MR) is 155 cm³/mol. The van der Waals surface area contributed by atoms with Crippen LogP contribution in [0.15, 0.2) is 83.9 Å². The van der Waals surface area contributed by atoms with E-state index in [1.807, 2.05) is 66.0 Å². The van der Waals surface area contributed by atoms with Crippen LogP contribution in [0.1, 0.15) is 5.56 Å². The number of fused-ring (bicyclic) bond motifs is 1. The average molecular weight is 584 g/mol. The Hall–Kier alpha value is -3.90. The quantitative estimate of drug-likeness (QED) is 0.193. The molecule has 2 heterocycles. The number of hydrogen-bond acceptors (Lipinski definition) is 8. The molecule has 0 amide bonds. The standard InChI is InChI=1S/C26H24Cl2N8O2S/c1-35(24-12-13-29-25(33-24)31-19-4-3-5-21(14-19)39(37,38)34-28)20-10-11-23-22(15-20)32-26(36(23)2)30-16-17-6-8-18(27)9-7-17/h3-15,34H,16H2,1-2H3,(H,30,32)(H,29,31,33). The molecule has 3 N–H and O–H groups in total. The minimum atomic E-state index is -3.80. The highest BCUT2D eigenvalue weighted by atomic mass is 35.5. The molecule has 13 heteroatoms. The maximum Gasteiger partial charge on any atom is 0.253 e. The molecule has 5 aromatic rings. The van der Waals surface area contributed by atoms with Crippen molar-refractivity contribution in [3.05, 3.63) is 89.6 Å². The van der Waals surface area contributed by atoms with Gasteiger partial charge in [0.05, 0.1) is 15.9 Å². The molecule has 39 heavy (non-hydrogen) atoms. The lowest BCUT2D eigenvalue weighted by atomic mass is 10.2. The van der Waals surface area contributed by atoms with E-state index in [1.165, 1.54) is 12.1 Å². The van der Waals surface area contributed by atoms with Gasteiger partial charge in [-0.15, -0.1) is 4.24 Å². The van der Waals surface area contributed by atoms with E-state index in [0.717, 1.165) is 28.2 Å². The lowest BCUT2D eigenvalue weighted by Crippen LogP contribution is -2.14. The van der Waals surface area contributed by atoms with Crippen LogP contribution >= 0.6 is 23.4 Å². The average Bonchev–Trinajstić information content (AvgIpc) is 3.27. The molecule has 0 saturated heterocycles. The predicted octanol–water partition coefficient (Wildman–Crippen LogP) is 5.57. The van der Waals surface area contributed by atoms with E-state index in [0.29, 0.717) is 29.0 Å². The van der Waals surface area contributed by atoms with Crippen molar-refractivity contribution in [1.82, 2.24) is 23.8 Å². The second-order valence-electron chi connectivity index (χ2n) is 8.68. The Morgan fingerprint density at radius 3 is 2.56 bits per heavy atom. The molecule has 5 rings (SSSR count). The second kappa shape index (κ2) is 11.1. The molecule has 0 unspecified atom stereocenters. The smallest absolute Gasteiger partial charge is 0.253 e. The number of sulfonamides is 1. The fourth-order valence-corrected chi connectivity index (χ4v) is 5.00. The molecule has 0 atom stereocenters. The van der Waals surface area contributed by atoms with Gasteiger partial charge in [0, 0.05) is 43.2 Å². The summed E-state index contributed by atoms with van der Waals surface area (Å²) in [5, 5.41) is 7.13. The van der Waals surface area contributed by atoms with Gasteiger partial charge in [-0.05, 0) is 71.9 Å². The van der Waals surface area contributed by atoms with Crippen molar-refractivity contribution in [3.8, 4) is 0 Å². The minimum Gasteiger partial charge on any atom is -0.352 e. The minimum absolute atomic E-state index is 0.0152. The Kier molecular flexibility index (Phi) is 7.58. The molecule has 10 nitrogen and oxygen atoms in total. The van der Waals surface area contributed by atoms with Gasteiger partial charge in [-0.25, -0.2) is 18.4 Å². The van der Waals surface area contributed by atoms with E-state index in [9.17, 15) is 8.42 Å². The number of nitrogens with one attached hydrogen (secondary N) is 3. The third-order valence-electron chi connectivity index (χ3n) is 6.10. The number of aromatic nitrogens is 4. The zero-order valence-corrected chi connectivity index (χ0v) is 23.3. The van der Waals surface area contributed by atoms with Crippen LogP contribution in [0.4, 0.5) is 29.1 Å². The van der Waals surface area contributed by atoms with Gasteiger partial charge in [-0.2, -0.15) is 4.98 Å². The van der Waals surface area contributed by atoms with Crippen molar-refractivity contribution in [1.29, 1.82) is 0 Å². The third kappa shape index (κ3) is 5.91. The van der Waals surface area contributed by atoms with Crippen LogP contribution in [0.2, 0.25) is 5.02 Å². The van der Waals surface area contributed by atoms with Crippen LogP contribution in [0, 0.1) is 0 Å². The Balaban J connectivity index is 1.34. The van der Waals surface area contributed by atoms with E-state index in [2.05, 4.69) is 20.6 Å². The summed E-state index contributed by atoms with van der Waals surface area (Å²) in [4.78, 5) is 15.6. The second-order valence-corrected chi connectivity index (χ2v) is 11.2. The van der Waals surface area contributed by atoms with Gasteiger partial charge in [0.25, 0.3) is 10.0 Å². The number of rotatable bonds is 9. The zero-order valence-electron chi connectivity index (χ0n) is 20.9. The number of benzene rings is 3. The first kappa shape index (κ1) is 26.7. The first-order valence-electron chi connectivity index (χ1n) is 11.7. The summed E-state index contributed by atoms with van der Waals surface area (Å²) in [6, 6.07) is 21.7. The fourth-order valence-electron chi connectivity index (χ4n) is 3.98. The molecule has 0 aliphatic carbocycles. The van der Waals surface area contributed by atoms with Gasteiger partial charge in [0.1, 0.15) is 5.82 Å². The van der Waals surface area contributed by atoms with Crippen molar-refractivity contribution in [2.75, 3.05) is 22.6 Å². The van der Waals surface area contributed by atoms with Crippen molar-refractivity contribution in [3.63, 3.8) is 0 Å². The van der Waals surface area contributed by atoms with Crippen molar-refractivity contribution in [2.45, 2.75) is 11.4 Å². The van der Waals surface area contributed by atoms with Crippen LogP contribution in [0.5, 0.6) is 0 Å². The van der Waals surface area contributed by atoms with E-state index in [4.69, 9.17) is 28.4 Å². The van der Waals surface area contributed by atoms with Crippen LogP contribution in [-0.4, -0.2) is 35.0 Å². The summed E-state index contributed by atoms with van der Waals surface area (Å²) in [7, 11) is 0.0649. The number of aryl methyl sites for hydroxylation is 1. The highest BCUT2D eigenvalue weighted by Crippen LogP contribution is 2.28. The van der Waals surface area contributed by atoms with E-state index >= 15 is 0 Å². The van der Waals surface area contributed by atoms with Gasteiger partial charge in [-0.3, -0.25) is 0 Å². The molecule has 3 aromatic carbocycles. The largest absolute Gasteiger partial charge is 0.352 e. The van der Waals surface area contributed by atoms with E-state index in [-0.39, 0.29) is 4.90 Å². The molecule has 0 radical (unpaired) electrons. The summed E-state index contributed by atoms with van der Waals surface area (Å²) in [5.74, 6) is 1.69. The summed E-state index contributed by atoms with van der Waals surface area (Å²) in [6.45, 7) is 0.620. The number of anilines is 5. The van der Waals surface area contributed by atoms with E-state index < -0.39 is 10.0 Å². The summed E-state index contributed by atoms with van der Waals surface area (Å²) in [6.07, 6.45) is 1.63. The molecular formula is C26H24Cl2N8O2S. The number of imidazole rings is 1. The number of hydrogen-bond donors (Lipinski definition) is 3. The van der Waals surface area contributed by atoms with Gasteiger partial charge in [0.15, 0.2) is 0 Å². The van der Waals surface area contributed by atoms with Crippen LogP contribution in [-0.2, 0) is 23.6 Å². The van der Waals surface area contributed by atoms with E-state index in [1.54, 1.807) is 28.6 Å². The first-order valence-corrected chi connectivity index (χ1v) is 14.0. The van der Waals surface area contributed by atoms with Crippen LogP contribution < -0.4 is 19.8 Å². The van der Waals surface area contributed by atoms with Crippen molar-refractivity contribution >= 4 is 73.5 Å². The topological polar surface area (TPSA) is 117 Å². The van der Waals surface area contributed by atoms with Gasteiger partial charge >= 0.3 is 0 Å². The normalized spacial score (nSPS) is 11.5. The van der Waals surface area contributed by atoms with Crippen molar-refractivity contribution in [2.24, 2.45) is 7.05 Å². The number of nitrogens with zero attached hydrogens (tertiary/aromatic N) is 5. The molecule has 2 aromatic heterocycles. The molecule has 0 aliphatic heterocycles. The van der Waals surface area contributed by atoms with Gasteiger partial charge < -0.3 is 20.1 Å². The molecule has 0 fully saturated rings. The Morgan fingerprint density at radius 2 is 1.79 bits per heavy atom. The Bertz CT molecular complexity index is 1740. The van der Waals surface area contributed by atoms with Gasteiger partial charge in [-0.1, -0.05) is 29.8 Å². The van der Waals surface area contributed by atoms with Crippen LogP contribution in [0.3, 0.4) is 0 Å². The SMILES string of the molecule is CN(c1ccc2c(c1)nc(NCc1ccc(Cl)cc1)n2C)c1ccnc(Nc2cccc(S(=O)(=O)NCl)c2)n1. The fraction of sp³-hybridized carbons (Fsp3) is 0.115. The Morgan fingerprint density at radius 1 is 1.00 bits per heavy atom. The summed E-state index contributed by atoms with van der Waals surface area (Å²) in [5.41, 5.74) is 4.30. The molecule has 0 saturated carbocycles. The molecule has 0 bridgehead atoms. The summed E-state index contributed by atoms with van der Waals surface area (Å²) < 4.78 is 27.8. The highest BCUT2D eigenvalue weighted by molar-refractivity contribution is 7.90. The summed E-state index contributed by atoms with van der Waals surface area (Å²) >= 11 is 11.3. The van der Waals surface area contributed by atoms with Crippen molar-refractivity contribution < 1.29 is 8.42 Å².